The lowest BCUT2D eigenvalue weighted by molar-refractivity contribution is -0.146. The Morgan fingerprint density at radius 2 is 1.31 bits per heavy atom. The summed E-state index contributed by atoms with van der Waals surface area (Å²) in [4.78, 5) is 50.8. The van der Waals surface area contributed by atoms with Gasteiger partial charge in [-0.2, -0.15) is 9.97 Å². The second-order valence-corrected chi connectivity index (χ2v) is 15.8. The molecule has 6 rings (SSSR count). The Labute approximate surface area is 379 Å². The van der Waals surface area contributed by atoms with Gasteiger partial charge in [0, 0.05) is 44.0 Å². The Bertz CT molecular complexity index is 2200. The third-order valence-corrected chi connectivity index (χ3v) is 9.34. The Hall–Kier alpha value is -5.37. The van der Waals surface area contributed by atoms with E-state index in [0.29, 0.717) is 54.6 Å². The number of benzene rings is 2. The average molecular weight is 907 g/mol. The zero-order chi connectivity index (χ0) is 47.0. The maximum Gasteiger partial charge on any atom is 0.492 e. The number of aryl methyl sites for hydroxylation is 3. The van der Waals surface area contributed by atoms with Gasteiger partial charge < -0.3 is 54.1 Å². The van der Waals surface area contributed by atoms with E-state index in [9.17, 15) is 24.4 Å². The highest BCUT2D eigenvalue weighted by Crippen LogP contribution is 2.34. The van der Waals surface area contributed by atoms with Crippen LogP contribution in [-0.2, 0) is 39.5 Å². The lowest BCUT2D eigenvalue weighted by Gasteiger charge is -2.19. The summed E-state index contributed by atoms with van der Waals surface area (Å²) in [7, 11) is -2.24. The fraction of sp³-hybridized carbons (Fsp3) is 0.465. The Balaban J connectivity index is 0.000000230. The molecular weight excluding hydrogens is 850 g/mol. The quantitative estimate of drug-likeness (QED) is 0.0528. The number of hydrogen-bond donors (Lipinski definition) is 4. The molecule has 2 aliphatic heterocycles. The number of carbonyl (C=O) groups excluding carboxylic acids is 3. The number of nitrogens with zero attached hydrogens (tertiary/aromatic N) is 4. The highest BCUT2D eigenvalue weighted by atomic mass is 35.5. The lowest BCUT2D eigenvalue weighted by Crippen LogP contribution is -2.35. The molecule has 21 heteroatoms. The zero-order valence-corrected chi connectivity index (χ0v) is 38.3. The molecule has 0 radical (unpaired) electrons. The van der Waals surface area contributed by atoms with E-state index in [1.54, 1.807) is 50.4 Å². The van der Waals surface area contributed by atoms with Crippen LogP contribution in [0.15, 0.2) is 48.8 Å². The minimum atomic E-state index is -1.13. The van der Waals surface area contributed by atoms with Gasteiger partial charge in [-0.15, -0.1) is 0 Å². The number of carbonyl (C=O) groups is 3. The number of hydrogen-bond acceptors (Lipinski definition) is 17. The van der Waals surface area contributed by atoms with Crippen molar-refractivity contribution >= 4 is 54.8 Å². The molecule has 4 aromatic rings. The number of fused-ring (bicyclic) bond motifs is 2. The van der Waals surface area contributed by atoms with Crippen LogP contribution in [-0.4, -0.2) is 94.2 Å². The van der Waals surface area contributed by atoms with Crippen LogP contribution >= 0.6 is 11.6 Å². The van der Waals surface area contributed by atoms with Gasteiger partial charge in [0.25, 0.3) is 0 Å². The van der Waals surface area contributed by atoms with E-state index in [1.807, 2.05) is 40.7 Å². The van der Waals surface area contributed by atoms with E-state index in [-0.39, 0.29) is 35.9 Å². The van der Waals surface area contributed by atoms with Crippen LogP contribution in [0.25, 0.3) is 0 Å². The van der Waals surface area contributed by atoms with Gasteiger partial charge in [-0.1, -0.05) is 13.3 Å². The van der Waals surface area contributed by atoms with Gasteiger partial charge in [0.2, 0.25) is 17.0 Å². The Morgan fingerprint density at radius 3 is 1.77 bits per heavy atom. The highest BCUT2D eigenvalue weighted by Gasteiger charge is 2.39. The normalized spacial score (nSPS) is 14.8. The first-order valence-electron chi connectivity index (χ1n) is 21.0. The van der Waals surface area contributed by atoms with Gasteiger partial charge in [0.1, 0.15) is 22.9 Å². The Morgan fingerprint density at radius 1 is 0.812 bits per heavy atom. The molecule has 18 nitrogen and oxygen atoms in total. The zero-order valence-electron chi connectivity index (χ0n) is 37.5. The van der Waals surface area contributed by atoms with Crippen LogP contribution in [0, 0.1) is 13.8 Å². The van der Waals surface area contributed by atoms with Crippen molar-refractivity contribution in [2.75, 3.05) is 26.3 Å². The van der Waals surface area contributed by atoms with Crippen molar-refractivity contribution in [3.63, 3.8) is 0 Å². The molecule has 2 atom stereocenters. The summed E-state index contributed by atoms with van der Waals surface area (Å²) < 4.78 is 37.5. The standard InChI is InChI=1S/C20H25BN2O5.C16H16BClN2O5.C7H16N2O2/c1-4-6-7-17-22-9-8-18(23-17)27-14-10-13(3)20-15(11-14)21(25)28-16(20)12-19(24)26-5-2;1-3-23-14(21)8-12-15-9(2)6-10(7-11(15)17(22)25-12)24-13-4-5-19-16(18)20-13;1-7(2,3)11-6(10)9-5-4-8/h8-11,16,25H,4-7,12H2,1-3H3;4-7,12,22H,3,8H2,1-2H3;4-5,8H2,1-3H3,(H,9,10). The molecule has 64 heavy (non-hydrogen) atoms. The maximum absolute atomic E-state index is 11.8. The van der Waals surface area contributed by atoms with Crippen molar-refractivity contribution in [3.8, 4) is 23.3 Å². The van der Waals surface area contributed by atoms with Crippen molar-refractivity contribution in [2.45, 2.75) is 105 Å². The van der Waals surface area contributed by atoms with Crippen molar-refractivity contribution in [1.82, 2.24) is 25.3 Å². The number of aromatic nitrogens is 4. The first-order chi connectivity index (χ1) is 30.4. The van der Waals surface area contributed by atoms with Crippen LogP contribution in [0.4, 0.5) is 4.79 Å². The van der Waals surface area contributed by atoms with E-state index in [0.717, 1.165) is 47.3 Å². The van der Waals surface area contributed by atoms with Crippen molar-refractivity contribution in [1.29, 1.82) is 0 Å². The van der Waals surface area contributed by atoms with E-state index in [1.165, 1.54) is 6.20 Å². The average Bonchev–Trinajstić information content (AvgIpc) is 3.70. The molecule has 2 unspecified atom stereocenters. The predicted octanol–water partition coefficient (Wildman–Crippen LogP) is 5.04. The highest BCUT2D eigenvalue weighted by molar-refractivity contribution is 6.62. The molecule has 0 saturated carbocycles. The predicted molar refractivity (Wildman–Crippen MR) is 239 cm³/mol. The molecule has 0 spiro atoms. The molecule has 5 N–H and O–H groups in total. The van der Waals surface area contributed by atoms with Gasteiger partial charge in [0.15, 0.2) is 0 Å². The third-order valence-electron chi connectivity index (χ3n) is 9.15. The molecule has 2 aliphatic rings. The van der Waals surface area contributed by atoms with Crippen molar-refractivity contribution < 1.29 is 57.4 Å². The fourth-order valence-corrected chi connectivity index (χ4v) is 6.76. The second-order valence-electron chi connectivity index (χ2n) is 15.5. The van der Waals surface area contributed by atoms with Crippen LogP contribution in [0.5, 0.6) is 23.3 Å². The number of halogens is 1. The molecule has 4 heterocycles. The number of amides is 1. The smallest absolute Gasteiger partial charge is 0.466 e. The van der Waals surface area contributed by atoms with Crippen LogP contribution < -0.4 is 31.4 Å². The van der Waals surface area contributed by atoms with Crippen LogP contribution in [0.1, 0.15) is 108 Å². The lowest BCUT2D eigenvalue weighted by atomic mass is 9.77. The topological polar surface area (TPSA) is 246 Å². The first-order valence-corrected chi connectivity index (χ1v) is 21.4. The molecule has 0 fully saturated rings. The van der Waals surface area contributed by atoms with Gasteiger partial charge in [-0.25, -0.2) is 14.8 Å². The number of ether oxygens (including phenoxy) is 5. The molecular formula is C43H57B2ClN6O12. The molecule has 0 saturated heterocycles. The SMILES string of the molecule is CC(C)(C)OC(=O)NCCN.CCCCc1nccc(Oc2cc(C)c3c(c2)B(O)OC3CC(=O)OCC)n1.CCOC(=O)CC1OB(O)c2cc(Oc3ccnc(Cl)n3)cc(C)c21. The monoisotopic (exact) mass is 906 g/mol. The van der Waals surface area contributed by atoms with Gasteiger partial charge >= 0.3 is 32.3 Å². The minimum Gasteiger partial charge on any atom is -0.466 e. The summed E-state index contributed by atoms with van der Waals surface area (Å²) in [6, 6.07) is 10.3. The third kappa shape index (κ3) is 15.7. The fourth-order valence-electron chi connectivity index (χ4n) is 6.62. The summed E-state index contributed by atoms with van der Waals surface area (Å²) in [5.74, 6) is 1.79. The van der Waals surface area contributed by atoms with E-state index < -0.39 is 38.1 Å². The van der Waals surface area contributed by atoms with Gasteiger partial charge in [0.05, 0.1) is 38.3 Å². The van der Waals surface area contributed by atoms with Crippen molar-refractivity contribution in [2.24, 2.45) is 5.73 Å². The number of nitrogens with two attached hydrogens (primary N) is 1. The number of rotatable bonds is 15. The number of alkyl carbamates (subject to hydrolysis) is 1. The largest absolute Gasteiger partial charge is 0.492 e. The molecule has 344 valence electrons. The number of esters is 2. The summed E-state index contributed by atoms with van der Waals surface area (Å²) in [6.07, 6.45) is 4.67. The molecule has 1 amide bonds. The van der Waals surface area contributed by atoms with E-state index in [4.69, 9.17) is 50.3 Å². The molecule has 2 aromatic heterocycles. The van der Waals surface area contributed by atoms with Crippen LogP contribution in [0.2, 0.25) is 5.28 Å². The van der Waals surface area contributed by atoms with Gasteiger partial charge in [-0.3, -0.25) is 9.59 Å². The van der Waals surface area contributed by atoms with Crippen LogP contribution in [0.3, 0.4) is 0 Å². The minimum absolute atomic E-state index is 0.0421. The molecule has 2 aromatic carbocycles. The molecule has 0 aliphatic carbocycles. The molecule has 0 bridgehead atoms. The van der Waals surface area contributed by atoms with Crippen molar-refractivity contribution in [3.05, 3.63) is 82.2 Å². The summed E-state index contributed by atoms with van der Waals surface area (Å²) in [5, 5.41) is 23.1. The first kappa shape index (κ1) is 51.3. The Kier molecular flexibility index (Phi) is 19.7. The number of unbranched alkanes of at least 4 members (excludes halogenated alkanes) is 1. The van der Waals surface area contributed by atoms with E-state index >= 15 is 0 Å². The van der Waals surface area contributed by atoms with Gasteiger partial charge in [-0.05, 0) is 124 Å². The summed E-state index contributed by atoms with van der Waals surface area (Å²) in [5.41, 5.74) is 9.18. The van der Waals surface area contributed by atoms with E-state index in [2.05, 4.69) is 32.2 Å². The second kappa shape index (κ2) is 24.6. The summed E-state index contributed by atoms with van der Waals surface area (Å²) >= 11 is 5.75. The maximum atomic E-state index is 11.8. The number of nitrogens with one attached hydrogen (secondary N) is 1. The summed E-state index contributed by atoms with van der Waals surface area (Å²) in [6.45, 7) is 16.3.